The van der Waals surface area contributed by atoms with Crippen molar-refractivity contribution in [2.24, 2.45) is 0 Å². The summed E-state index contributed by atoms with van der Waals surface area (Å²) < 4.78 is 0. The maximum atomic E-state index is 12.9. The third kappa shape index (κ3) is 2.03. The Morgan fingerprint density at radius 2 is 1.14 bits per heavy atom. The van der Waals surface area contributed by atoms with Crippen LogP contribution in [0.1, 0.15) is 52.7 Å². The molecule has 3 aliphatic rings. The van der Waals surface area contributed by atoms with Crippen molar-refractivity contribution in [3.63, 3.8) is 0 Å². The van der Waals surface area contributed by atoms with E-state index in [0.717, 1.165) is 37.6 Å². The Balaban J connectivity index is 2.44. The first-order valence-electron chi connectivity index (χ1n) is 8.12. The lowest BCUT2D eigenvalue weighted by atomic mass is 9.76. The van der Waals surface area contributed by atoms with E-state index in [4.69, 9.17) is 0 Å². The molecule has 3 aliphatic heterocycles. The fraction of sp³-hybridized carbons (Fsp3) is 0.667. The van der Waals surface area contributed by atoms with E-state index in [1.54, 1.807) is 0 Å². The van der Waals surface area contributed by atoms with Gasteiger partial charge in [0.15, 0.2) is 5.75 Å². The lowest BCUT2D eigenvalue weighted by Crippen LogP contribution is -2.53. The van der Waals surface area contributed by atoms with Gasteiger partial charge in [-0.3, -0.25) is 5.11 Å². The summed E-state index contributed by atoms with van der Waals surface area (Å²) >= 11 is 0. The van der Waals surface area contributed by atoms with Crippen molar-refractivity contribution in [2.75, 3.05) is 36.0 Å². The van der Waals surface area contributed by atoms with Crippen molar-refractivity contribution in [1.82, 2.24) is 0 Å². The molecule has 1 aromatic rings. The Morgan fingerprint density at radius 1 is 0.773 bits per heavy atom. The molecule has 0 atom stereocenters. The Kier molecular flexibility index (Phi) is 3.11. The molecule has 0 amide bonds. The van der Waals surface area contributed by atoms with E-state index < -0.39 is 0 Å². The van der Waals surface area contributed by atoms with E-state index in [1.165, 1.54) is 0 Å². The van der Waals surface area contributed by atoms with E-state index in [1.807, 2.05) is 41.5 Å². The normalized spacial score (nSPS) is 17.9. The van der Waals surface area contributed by atoms with Crippen molar-refractivity contribution in [3.05, 3.63) is 11.1 Å². The van der Waals surface area contributed by atoms with Gasteiger partial charge >= 0.3 is 0 Å². The zero-order valence-corrected chi connectivity index (χ0v) is 14.5. The van der Waals surface area contributed by atoms with E-state index in [0.29, 0.717) is 11.1 Å². The third-order valence-electron chi connectivity index (χ3n) is 4.77. The molecule has 22 heavy (non-hydrogen) atoms. The van der Waals surface area contributed by atoms with Gasteiger partial charge in [-0.1, -0.05) is 47.3 Å². The maximum absolute atomic E-state index is 12.9. The maximum Gasteiger partial charge on any atom is 0.177 e. The molecule has 0 saturated carbocycles. The minimum Gasteiger partial charge on any atom is -0.870 e. The summed E-state index contributed by atoms with van der Waals surface area (Å²) in [7, 11) is 0. The number of piperazine rings is 1. The van der Waals surface area contributed by atoms with Crippen molar-refractivity contribution >= 4 is 11.4 Å². The van der Waals surface area contributed by atoms with E-state index in [2.05, 4.69) is 9.80 Å². The van der Waals surface area contributed by atoms with Crippen LogP contribution in [0.5, 0.6) is 11.5 Å². The standard InChI is InChI=1S/C18H27N2O2/c1-17(2,3)11-13-14(20-9-7-19(13)8-10-20)12(18(4,5)6)16(22)15(11)21/h21H,7-10H2,1-6H3/p-1. The molecule has 121 valence electrons. The van der Waals surface area contributed by atoms with E-state index >= 15 is 0 Å². The number of nitrogens with zero attached hydrogens (tertiary/aromatic N) is 2. The summed E-state index contributed by atoms with van der Waals surface area (Å²) in [4.78, 5) is 4.62. The molecule has 0 unspecified atom stereocenters. The second-order valence-electron chi connectivity index (χ2n) is 8.58. The van der Waals surface area contributed by atoms with Crippen LogP contribution in [0.25, 0.3) is 0 Å². The molecular weight excluding hydrogens is 276 g/mol. The van der Waals surface area contributed by atoms with Crippen molar-refractivity contribution in [3.8, 4) is 11.5 Å². The lowest BCUT2D eigenvalue weighted by molar-refractivity contribution is -0.272. The summed E-state index contributed by atoms with van der Waals surface area (Å²) in [6.45, 7) is 15.9. The van der Waals surface area contributed by atoms with E-state index in [-0.39, 0.29) is 22.3 Å². The minimum absolute atomic E-state index is 0.301. The molecule has 1 aromatic carbocycles. The Morgan fingerprint density at radius 3 is 1.50 bits per heavy atom. The van der Waals surface area contributed by atoms with Gasteiger partial charge in [0.25, 0.3) is 0 Å². The summed E-state index contributed by atoms with van der Waals surface area (Å²) in [6, 6.07) is 0. The van der Waals surface area contributed by atoms with Gasteiger partial charge in [-0.15, -0.1) is 0 Å². The van der Waals surface area contributed by atoms with Crippen LogP contribution in [-0.4, -0.2) is 26.2 Å². The molecular formula is C18H26N2O2-. The topological polar surface area (TPSA) is 49.4 Å². The summed E-state index contributed by atoms with van der Waals surface area (Å²) in [5.41, 5.74) is 2.80. The highest BCUT2D eigenvalue weighted by atomic mass is 16.3. The molecule has 2 bridgehead atoms. The van der Waals surface area contributed by atoms with Crippen LogP contribution in [0.3, 0.4) is 0 Å². The van der Waals surface area contributed by atoms with Crippen molar-refractivity contribution in [1.29, 1.82) is 0 Å². The molecule has 0 aliphatic carbocycles. The van der Waals surface area contributed by atoms with Crippen LogP contribution >= 0.6 is 0 Å². The molecule has 1 fully saturated rings. The first kappa shape index (κ1) is 15.3. The quantitative estimate of drug-likeness (QED) is 0.740. The summed E-state index contributed by atoms with van der Waals surface area (Å²) in [5.74, 6) is -0.602. The number of hydrogen-bond donors (Lipinski definition) is 0. The summed E-state index contributed by atoms with van der Waals surface area (Å²) in [6.07, 6.45) is 0. The molecule has 1 saturated heterocycles. The van der Waals surface area contributed by atoms with Crippen LogP contribution in [0.2, 0.25) is 0 Å². The van der Waals surface area contributed by atoms with Gasteiger partial charge in [-0.05, 0) is 16.4 Å². The van der Waals surface area contributed by atoms with Crippen LogP contribution in [0.4, 0.5) is 11.4 Å². The second kappa shape index (κ2) is 4.46. The molecule has 1 radical (unpaired) electrons. The van der Waals surface area contributed by atoms with Crippen molar-refractivity contribution in [2.45, 2.75) is 52.4 Å². The molecule has 4 heteroatoms. The molecule has 0 N–H and O–H groups in total. The Hall–Kier alpha value is -1.58. The average molecular weight is 302 g/mol. The molecule has 4 nitrogen and oxygen atoms in total. The first-order chi connectivity index (χ1) is 10.0. The van der Waals surface area contributed by atoms with Crippen LogP contribution < -0.4 is 14.9 Å². The van der Waals surface area contributed by atoms with Crippen LogP contribution in [0, 0.1) is 0 Å². The monoisotopic (exact) mass is 302 g/mol. The predicted molar refractivity (Wildman–Crippen MR) is 87.8 cm³/mol. The first-order valence-corrected chi connectivity index (χ1v) is 8.12. The highest BCUT2D eigenvalue weighted by molar-refractivity contribution is 5.88. The number of benzene rings is 1. The third-order valence-corrected chi connectivity index (χ3v) is 4.77. The van der Waals surface area contributed by atoms with Crippen LogP contribution in [0.15, 0.2) is 0 Å². The van der Waals surface area contributed by atoms with Gasteiger partial charge in [0, 0.05) is 31.7 Å². The fourth-order valence-corrected chi connectivity index (χ4v) is 3.84. The van der Waals surface area contributed by atoms with Gasteiger partial charge in [0.05, 0.1) is 11.4 Å². The zero-order chi connectivity index (χ0) is 16.4. The lowest BCUT2D eigenvalue weighted by Gasteiger charge is -2.50. The molecule has 0 spiro atoms. The van der Waals surface area contributed by atoms with Crippen molar-refractivity contribution < 1.29 is 10.2 Å². The highest BCUT2D eigenvalue weighted by Gasteiger charge is 2.40. The minimum atomic E-state index is -0.324. The predicted octanol–water partition coefficient (Wildman–Crippen LogP) is 3.14. The number of anilines is 2. The Bertz CT molecular complexity index is 561. The fourth-order valence-electron chi connectivity index (χ4n) is 3.84. The molecule has 3 heterocycles. The van der Waals surface area contributed by atoms with Gasteiger partial charge in [0.1, 0.15) is 0 Å². The molecule has 4 rings (SSSR count). The SMILES string of the molecule is CC(C)(C)c1c([O])c([O-])c(C(C)(C)C)c2c1N1CCN2CC1. The largest absolute Gasteiger partial charge is 0.870 e. The van der Waals surface area contributed by atoms with Gasteiger partial charge < -0.3 is 14.9 Å². The number of fused-ring (bicyclic) bond motifs is 2. The second-order valence-corrected chi connectivity index (χ2v) is 8.58. The average Bonchev–Trinajstić information content (AvgIpc) is 2.38. The molecule has 0 aromatic heterocycles. The van der Waals surface area contributed by atoms with Gasteiger partial charge in [0.2, 0.25) is 0 Å². The zero-order valence-electron chi connectivity index (χ0n) is 14.5. The number of hydrogen-bond acceptors (Lipinski definition) is 3. The number of rotatable bonds is 0. The van der Waals surface area contributed by atoms with Crippen LogP contribution in [-0.2, 0) is 15.9 Å². The summed E-state index contributed by atoms with van der Waals surface area (Å²) in [5, 5.41) is 25.7. The smallest absolute Gasteiger partial charge is 0.177 e. The van der Waals surface area contributed by atoms with E-state index in [9.17, 15) is 10.2 Å². The highest BCUT2D eigenvalue weighted by Crippen LogP contribution is 2.56. The van der Waals surface area contributed by atoms with Gasteiger partial charge in [-0.2, -0.15) is 0 Å². The Labute approximate surface area is 133 Å². The van der Waals surface area contributed by atoms with Gasteiger partial charge in [-0.25, -0.2) is 0 Å².